The van der Waals surface area contributed by atoms with Crippen molar-refractivity contribution in [2.45, 2.75) is 26.8 Å². The quantitative estimate of drug-likeness (QED) is 0.830. The Morgan fingerprint density at radius 3 is 2.62 bits per heavy atom. The molecule has 126 valence electrons. The molecule has 1 amide bonds. The standard InChI is InChI=1S/C16H16F2N4O2/c1-15(2)7-16(5-10(6-19)12(15)23)8-21(9-16)13(24)11-3-4-22(20-11)14(17)18/h3-5,14H,7-9H2,1-2H3. The molecule has 0 unspecified atom stereocenters. The summed E-state index contributed by atoms with van der Waals surface area (Å²) in [5.41, 5.74) is -0.989. The first-order chi connectivity index (χ1) is 11.2. The zero-order valence-electron chi connectivity index (χ0n) is 13.3. The highest BCUT2D eigenvalue weighted by Gasteiger charge is 2.52. The van der Waals surface area contributed by atoms with Gasteiger partial charge in [0.1, 0.15) is 6.07 Å². The van der Waals surface area contributed by atoms with Crippen molar-refractivity contribution in [3.63, 3.8) is 0 Å². The number of carbonyl (C=O) groups is 2. The number of hydrogen-bond donors (Lipinski definition) is 0. The molecule has 0 saturated carbocycles. The summed E-state index contributed by atoms with van der Waals surface area (Å²) in [7, 11) is 0. The Hall–Kier alpha value is -2.56. The predicted octanol–water partition coefficient (Wildman–Crippen LogP) is 2.17. The van der Waals surface area contributed by atoms with Gasteiger partial charge in [0.05, 0.1) is 5.57 Å². The first kappa shape index (κ1) is 16.3. The number of Topliss-reactive ketones (excluding diaryl/α,β-unsaturated/α-hetero) is 1. The van der Waals surface area contributed by atoms with Crippen LogP contribution < -0.4 is 0 Å². The van der Waals surface area contributed by atoms with Crippen molar-refractivity contribution < 1.29 is 18.4 Å². The summed E-state index contributed by atoms with van der Waals surface area (Å²) < 4.78 is 25.5. The highest BCUT2D eigenvalue weighted by molar-refractivity contribution is 6.04. The lowest BCUT2D eigenvalue weighted by Crippen LogP contribution is -2.61. The zero-order chi connectivity index (χ0) is 17.7. The van der Waals surface area contributed by atoms with Gasteiger partial charge in [-0.2, -0.15) is 19.1 Å². The minimum Gasteiger partial charge on any atom is -0.335 e. The predicted molar refractivity (Wildman–Crippen MR) is 78.9 cm³/mol. The van der Waals surface area contributed by atoms with E-state index in [4.69, 9.17) is 5.26 Å². The van der Waals surface area contributed by atoms with Crippen LogP contribution in [0.4, 0.5) is 8.78 Å². The van der Waals surface area contributed by atoms with E-state index in [0.29, 0.717) is 24.2 Å². The number of aromatic nitrogens is 2. The number of ketones is 1. The molecule has 0 N–H and O–H groups in total. The highest BCUT2D eigenvalue weighted by Crippen LogP contribution is 2.48. The van der Waals surface area contributed by atoms with Crippen molar-refractivity contribution in [3.05, 3.63) is 29.6 Å². The Balaban J connectivity index is 1.76. The summed E-state index contributed by atoms with van der Waals surface area (Å²) in [4.78, 5) is 26.0. The summed E-state index contributed by atoms with van der Waals surface area (Å²) in [6.45, 7) is 1.47. The van der Waals surface area contributed by atoms with E-state index in [9.17, 15) is 18.4 Å². The van der Waals surface area contributed by atoms with Gasteiger partial charge in [0, 0.05) is 30.1 Å². The Morgan fingerprint density at radius 1 is 1.42 bits per heavy atom. The van der Waals surface area contributed by atoms with Crippen LogP contribution in [0.15, 0.2) is 23.9 Å². The molecular weight excluding hydrogens is 318 g/mol. The Kier molecular flexibility index (Phi) is 3.55. The molecule has 1 aromatic heterocycles. The second-order valence-corrected chi connectivity index (χ2v) is 7.04. The SMILES string of the molecule is CC1(C)CC2(C=C(C#N)C1=O)CN(C(=O)c1ccn(C(F)F)n1)C2. The van der Waals surface area contributed by atoms with Crippen LogP contribution in [0.25, 0.3) is 0 Å². The van der Waals surface area contributed by atoms with Gasteiger partial charge in [-0.15, -0.1) is 0 Å². The Labute approximate surface area is 137 Å². The third-order valence-electron chi connectivity index (χ3n) is 4.55. The van der Waals surface area contributed by atoms with Crippen molar-refractivity contribution in [1.82, 2.24) is 14.7 Å². The molecule has 2 heterocycles. The van der Waals surface area contributed by atoms with Gasteiger partial charge in [-0.25, -0.2) is 4.68 Å². The molecule has 24 heavy (non-hydrogen) atoms. The largest absolute Gasteiger partial charge is 0.335 e. The number of rotatable bonds is 2. The maximum absolute atomic E-state index is 12.5. The number of likely N-dealkylation sites (tertiary alicyclic amines) is 1. The fraction of sp³-hybridized carbons (Fsp3) is 0.500. The molecule has 0 aromatic carbocycles. The van der Waals surface area contributed by atoms with Crippen molar-refractivity contribution in [3.8, 4) is 6.07 Å². The minimum absolute atomic E-state index is 0.0409. The van der Waals surface area contributed by atoms with Gasteiger partial charge in [0.15, 0.2) is 11.5 Å². The van der Waals surface area contributed by atoms with Crippen molar-refractivity contribution in [2.75, 3.05) is 13.1 Å². The molecule has 3 rings (SSSR count). The highest BCUT2D eigenvalue weighted by atomic mass is 19.3. The molecule has 1 aromatic rings. The van der Waals surface area contributed by atoms with E-state index in [1.54, 1.807) is 19.9 Å². The van der Waals surface area contributed by atoms with E-state index in [2.05, 4.69) is 5.10 Å². The number of halogens is 2. The molecule has 1 spiro atoms. The van der Waals surface area contributed by atoms with Crippen LogP contribution in [-0.2, 0) is 4.79 Å². The zero-order valence-corrected chi connectivity index (χ0v) is 13.3. The lowest BCUT2D eigenvalue weighted by atomic mass is 9.61. The summed E-state index contributed by atoms with van der Waals surface area (Å²) in [6.07, 6.45) is 3.25. The van der Waals surface area contributed by atoms with E-state index >= 15 is 0 Å². The molecule has 6 nitrogen and oxygen atoms in total. The molecule has 0 atom stereocenters. The maximum Gasteiger partial charge on any atom is 0.333 e. The lowest BCUT2D eigenvalue weighted by molar-refractivity contribution is -0.127. The molecule has 1 saturated heterocycles. The number of nitrogens with zero attached hydrogens (tertiary/aromatic N) is 4. The monoisotopic (exact) mass is 334 g/mol. The van der Waals surface area contributed by atoms with Crippen molar-refractivity contribution >= 4 is 11.7 Å². The van der Waals surface area contributed by atoms with Gasteiger partial charge < -0.3 is 4.90 Å². The molecule has 1 fully saturated rings. The average Bonchev–Trinajstić information content (AvgIpc) is 2.97. The molecule has 1 aliphatic heterocycles. The summed E-state index contributed by atoms with van der Waals surface area (Å²) >= 11 is 0. The number of alkyl halides is 2. The smallest absolute Gasteiger partial charge is 0.333 e. The number of amides is 1. The van der Waals surface area contributed by atoms with Crippen LogP contribution in [0.5, 0.6) is 0 Å². The van der Waals surface area contributed by atoms with Gasteiger partial charge in [0.2, 0.25) is 0 Å². The Morgan fingerprint density at radius 2 is 2.08 bits per heavy atom. The third-order valence-corrected chi connectivity index (χ3v) is 4.55. The maximum atomic E-state index is 12.5. The van der Waals surface area contributed by atoms with E-state index in [-0.39, 0.29) is 17.1 Å². The fourth-order valence-corrected chi connectivity index (χ4v) is 3.61. The van der Waals surface area contributed by atoms with Gasteiger partial charge in [-0.1, -0.05) is 19.9 Å². The number of hydrogen-bond acceptors (Lipinski definition) is 4. The molecule has 8 heteroatoms. The normalized spacial score (nSPS) is 21.4. The lowest BCUT2D eigenvalue weighted by Gasteiger charge is -2.53. The number of nitriles is 1. The van der Waals surface area contributed by atoms with Crippen LogP contribution >= 0.6 is 0 Å². The molecule has 0 radical (unpaired) electrons. The van der Waals surface area contributed by atoms with Gasteiger partial charge in [0.25, 0.3) is 5.91 Å². The summed E-state index contributed by atoms with van der Waals surface area (Å²) in [5.74, 6) is -0.613. The summed E-state index contributed by atoms with van der Waals surface area (Å²) in [5, 5.41) is 12.7. The van der Waals surface area contributed by atoms with Gasteiger partial charge in [-0.3, -0.25) is 9.59 Å². The van der Waals surface area contributed by atoms with Crippen molar-refractivity contribution in [2.24, 2.45) is 10.8 Å². The minimum atomic E-state index is -2.79. The molecule has 0 bridgehead atoms. The number of carbonyl (C=O) groups excluding carboxylic acids is 2. The third kappa shape index (κ3) is 2.50. The van der Waals surface area contributed by atoms with Crippen LogP contribution in [-0.4, -0.2) is 39.5 Å². The second-order valence-electron chi connectivity index (χ2n) is 7.04. The van der Waals surface area contributed by atoms with Crippen LogP contribution in [0.1, 0.15) is 37.3 Å². The second kappa shape index (κ2) is 5.23. The van der Waals surface area contributed by atoms with E-state index in [1.165, 1.54) is 11.0 Å². The van der Waals surface area contributed by atoms with Gasteiger partial charge in [-0.05, 0) is 12.5 Å². The fourth-order valence-electron chi connectivity index (χ4n) is 3.61. The molecular formula is C16H16F2N4O2. The molecule has 1 aliphatic carbocycles. The van der Waals surface area contributed by atoms with Crippen molar-refractivity contribution in [1.29, 1.82) is 5.26 Å². The van der Waals surface area contributed by atoms with E-state index < -0.39 is 23.3 Å². The Bertz CT molecular complexity index is 782. The number of allylic oxidation sites excluding steroid dienone is 1. The van der Waals surface area contributed by atoms with E-state index in [1.807, 2.05) is 6.07 Å². The van der Waals surface area contributed by atoms with E-state index in [0.717, 1.165) is 6.20 Å². The molecule has 2 aliphatic rings. The van der Waals surface area contributed by atoms with Crippen LogP contribution in [0, 0.1) is 22.2 Å². The van der Waals surface area contributed by atoms with Crippen LogP contribution in [0.3, 0.4) is 0 Å². The van der Waals surface area contributed by atoms with Gasteiger partial charge >= 0.3 is 6.55 Å². The summed E-state index contributed by atoms with van der Waals surface area (Å²) in [6, 6.07) is 3.19. The first-order valence-electron chi connectivity index (χ1n) is 7.48. The average molecular weight is 334 g/mol. The topological polar surface area (TPSA) is 79.0 Å². The first-order valence-corrected chi connectivity index (χ1v) is 7.48. The van der Waals surface area contributed by atoms with Crippen LogP contribution in [0.2, 0.25) is 0 Å².